The molecule has 0 bridgehead atoms. The number of hydrogen-bond acceptors (Lipinski definition) is 7. The quantitative estimate of drug-likeness (QED) is 0.869. The van der Waals surface area contributed by atoms with Gasteiger partial charge in [-0.2, -0.15) is 4.98 Å². The van der Waals surface area contributed by atoms with Crippen LogP contribution in [0.1, 0.15) is 42.0 Å². The minimum atomic E-state index is 0.00315. The smallest absolute Gasteiger partial charge is 0.244 e. The van der Waals surface area contributed by atoms with E-state index in [1.54, 1.807) is 7.11 Å². The number of methoxy groups -OCH3 is 1. The van der Waals surface area contributed by atoms with Gasteiger partial charge in [-0.3, -0.25) is 10.3 Å². The van der Waals surface area contributed by atoms with Crippen LogP contribution in [-0.2, 0) is 11.3 Å². The van der Waals surface area contributed by atoms with Crippen molar-refractivity contribution in [3.63, 3.8) is 0 Å². The summed E-state index contributed by atoms with van der Waals surface area (Å²) in [6.07, 6.45) is 1.95. The van der Waals surface area contributed by atoms with Gasteiger partial charge >= 0.3 is 0 Å². The van der Waals surface area contributed by atoms with Crippen LogP contribution >= 0.6 is 0 Å². The molecule has 0 amide bonds. The number of hydrogen-bond donors (Lipinski definition) is 1. The zero-order valence-electron chi connectivity index (χ0n) is 14.4. The summed E-state index contributed by atoms with van der Waals surface area (Å²) in [4.78, 5) is 8.99. The summed E-state index contributed by atoms with van der Waals surface area (Å²) < 4.78 is 16.2. The van der Waals surface area contributed by atoms with Crippen molar-refractivity contribution < 1.29 is 14.0 Å². The first kappa shape index (κ1) is 16.9. The van der Waals surface area contributed by atoms with Crippen molar-refractivity contribution in [2.75, 3.05) is 20.3 Å². The first-order valence-corrected chi connectivity index (χ1v) is 8.28. The van der Waals surface area contributed by atoms with Gasteiger partial charge in [0.05, 0.1) is 18.8 Å². The van der Waals surface area contributed by atoms with Crippen LogP contribution in [0.15, 0.2) is 16.7 Å². The van der Waals surface area contributed by atoms with Crippen molar-refractivity contribution >= 4 is 0 Å². The van der Waals surface area contributed by atoms with Crippen LogP contribution in [0.25, 0.3) is 0 Å². The summed E-state index contributed by atoms with van der Waals surface area (Å²) in [6, 6.07) is 3.87. The van der Waals surface area contributed by atoms with Crippen LogP contribution in [0, 0.1) is 19.8 Å². The molecular formula is C17H24N4O3. The van der Waals surface area contributed by atoms with Crippen LogP contribution in [0.3, 0.4) is 0 Å². The number of nitrogens with one attached hydrogen (secondary N) is 1. The molecule has 0 spiro atoms. The fraction of sp³-hybridized carbons (Fsp3) is 0.588. The second-order valence-corrected chi connectivity index (χ2v) is 6.13. The van der Waals surface area contributed by atoms with Crippen molar-refractivity contribution in [1.82, 2.24) is 20.4 Å². The van der Waals surface area contributed by atoms with E-state index in [9.17, 15) is 0 Å². The van der Waals surface area contributed by atoms with Crippen molar-refractivity contribution in [3.05, 3.63) is 35.2 Å². The molecule has 0 saturated carbocycles. The Morgan fingerprint density at radius 3 is 2.71 bits per heavy atom. The highest BCUT2D eigenvalue weighted by molar-refractivity contribution is 5.26. The van der Waals surface area contributed by atoms with E-state index in [-0.39, 0.29) is 6.04 Å². The SMILES string of the molecule is COc1cc(C)nc(CN[C@@H](c2nc(C)no2)C2CCOCC2)c1. The Hall–Kier alpha value is -1.99. The Bertz CT molecular complexity index is 668. The maximum atomic E-state index is 5.48. The first-order chi connectivity index (χ1) is 11.7. The second-order valence-electron chi connectivity index (χ2n) is 6.13. The van der Waals surface area contributed by atoms with E-state index >= 15 is 0 Å². The third-order valence-corrected chi connectivity index (χ3v) is 4.27. The van der Waals surface area contributed by atoms with Gasteiger partial charge in [-0.05, 0) is 32.6 Å². The summed E-state index contributed by atoms with van der Waals surface area (Å²) in [5.74, 6) is 2.51. The fourth-order valence-corrected chi connectivity index (χ4v) is 3.07. The van der Waals surface area contributed by atoms with E-state index in [0.29, 0.717) is 24.2 Å². The fourth-order valence-electron chi connectivity index (χ4n) is 3.07. The summed E-state index contributed by atoms with van der Waals surface area (Å²) in [5, 5.41) is 7.48. The molecular weight excluding hydrogens is 308 g/mol. The monoisotopic (exact) mass is 332 g/mol. The number of ether oxygens (including phenoxy) is 2. The van der Waals surface area contributed by atoms with E-state index in [0.717, 1.165) is 43.2 Å². The average Bonchev–Trinajstić information content (AvgIpc) is 3.01. The predicted octanol–water partition coefficient (Wildman–Crippen LogP) is 2.35. The molecule has 1 N–H and O–H groups in total. The molecule has 1 atom stereocenters. The van der Waals surface area contributed by atoms with Crippen LogP contribution in [0.2, 0.25) is 0 Å². The van der Waals surface area contributed by atoms with Gasteiger partial charge in [0, 0.05) is 37.6 Å². The van der Waals surface area contributed by atoms with Gasteiger partial charge in [0.2, 0.25) is 5.89 Å². The molecule has 3 rings (SSSR count). The molecule has 2 aromatic heterocycles. The van der Waals surface area contributed by atoms with Crippen LogP contribution < -0.4 is 10.1 Å². The summed E-state index contributed by atoms with van der Waals surface area (Å²) in [6.45, 7) is 5.95. The van der Waals surface area contributed by atoms with E-state index in [2.05, 4.69) is 20.4 Å². The zero-order chi connectivity index (χ0) is 16.9. The van der Waals surface area contributed by atoms with Crippen LogP contribution in [0.5, 0.6) is 5.75 Å². The highest BCUT2D eigenvalue weighted by Gasteiger charge is 2.29. The van der Waals surface area contributed by atoms with Gasteiger partial charge in [0.25, 0.3) is 0 Å². The molecule has 0 radical (unpaired) electrons. The lowest BCUT2D eigenvalue weighted by atomic mass is 9.91. The molecule has 1 saturated heterocycles. The molecule has 1 aliphatic heterocycles. The number of aryl methyl sites for hydroxylation is 2. The van der Waals surface area contributed by atoms with Gasteiger partial charge in [-0.15, -0.1) is 0 Å². The molecule has 130 valence electrons. The van der Waals surface area contributed by atoms with Gasteiger partial charge in [-0.1, -0.05) is 5.16 Å². The minimum absolute atomic E-state index is 0.00315. The molecule has 24 heavy (non-hydrogen) atoms. The molecule has 2 aromatic rings. The lowest BCUT2D eigenvalue weighted by Gasteiger charge is -2.28. The molecule has 7 nitrogen and oxygen atoms in total. The standard InChI is InChI=1S/C17H24N4O3/c1-11-8-15(22-3)9-14(19-11)10-18-16(13-4-6-23-7-5-13)17-20-12(2)21-24-17/h8-9,13,16,18H,4-7,10H2,1-3H3/t16-/m1/s1. The molecule has 1 aliphatic rings. The molecule has 0 unspecified atom stereocenters. The molecule has 0 aromatic carbocycles. The number of nitrogens with zero attached hydrogens (tertiary/aromatic N) is 3. The summed E-state index contributed by atoms with van der Waals surface area (Å²) in [5.41, 5.74) is 1.86. The Kier molecular flexibility index (Phi) is 5.42. The molecule has 3 heterocycles. The maximum absolute atomic E-state index is 5.48. The van der Waals surface area contributed by atoms with Crippen molar-refractivity contribution in [2.45, 2.75) is 39.3 Å². The lowest BCUT2D eigenvalue weighted by molar-refractivity contribution is 0.0485. The van der Waals surface area contributed by atoms with E-state index in [1.807, 2.05) is 26.0 Å². The topological polar surface area (TPSA) is 82.3 Å². The summed E-state index contributed by atoms with van der Waals surface area (Å²) in [7, 11) is 1.66. The third kappa shape index (κ3) is 4.10. The lowest BCUT2D eigenvalue weighted by Crippen LogP contribution is -2.32. The van der Waals surface area contributed by atoms with Crippen LogP contribution in [0.4, 0.5) is 0 Å². The van der Waals surface area contributed by atoms with Crippen molar-refractivity contribution in [3.8, 4) is 5.75 Å². The van der Waals surface area contributed by atoms with Gasteiger partial charge in [0.1, 0.15) is 5.75 Å². The second kappa shape index (κ2) is 7.72. The Morgan fingerprint density at radius 1 is 1.25 bits per heavy atom. The predicted molar refractivity (Wildman–Crippen MR) is 87.7 cm³/mol. The van der Waals surface area contributed by atoms with Crippen LogP contribution in [-0.4, -0.2) is 35.4 Å². The third-order valence-electron chi connectivity index (χ3n) is 4.27. The highest BCUT2D eigenvalue weighted by Crippen LogP contribution is 2.29. The van der Waals surface area contributed by atoms with Crippen molar-refractivity contribution in [1.29, 1.82) is 0 Å². The molecule has 7 heteroatoms. The van der Waals surface area contributed by atoms with Gasteiger partial charge < -0.3 is 14.0 Å². The number of pyridine rings is 1. The Balaban J connectivity index is 1.75. The molecule has 1 fully saturated rings. The first-order valence-electron chi connectivity index (χ1n) is 8.28. The van der Waals surface area contributed by atoms with Gasteiger partial charge in [0.15, 0.2) is 5.82 Å². The van der Waals surface area contributed by atoms with E-state index in [1.165, 1.54) is 0 Å². The highest BCUT2D eigenvalue weighted by atomic mass is 16.5. The van der Waals surface area contributed by atoms with E-state index < -0.39 is 0 Å². The normalized spacial score (nSPS) is 17.0. The van der Waals surface area contributed by atoms with Crippen molar-refractivity contribution in [2.24, 2.45) is 5.92 Å². The molecule has 0 aliphatic carbocycles. The maximum Gasteiger partial charge on any atom is 0.244 e. The minimum Gasteiger partial charge on any atom is -0.497 e. The Morgan fingerprint density at radius 2 is 2.04 bits per heavy atom. The summed E-state index contributed by atoms with van der Waals surface area (Å²) >= 11 is 0. The zero-order valence-corrected chi connectivity index (χ0v) is 14.4. The largest absolute Gasteiger partial charge is 0.497 e. The van der Waals surface area contributed by atoms with Gasteiger partial charge in [-0.25, -0.2) is 0 Å². The Labute approximate surface area is 141 Å². The number of aromatic nitrogens is 3. The number of rotatable bonds is 6. The van der Waals surface area contributed by atoms with E-state index in [4.69, 9.17) is 14.0 Å². The average molecular weight is 332 g/mol.